The number of carbonyl (C=O) groups excluding carboxylic acids is 9. The molecule has 6 aromatic heterocycles. The standard InChI is InChI=1S/C12H13BrN2O3S2.C11H11BrN2O3S2.C11H11BrO4S.C8H9BrOS.C8H10OS.C6H5ClFN.C6H8S.C4H6O3/c1-4-11-8(13)5-12(19-11)9-6-10(7(2)16)15(3)20(17,18)14-9;1-3-10-7(12)4-11(18-10)9-5-8(6(2)15)13-19(16,17)14-9;1-3-9-6(12)4-10(17-9)7(13)5-8(14)11(15)16-2;1-3-7-6(9)4-8(11-7)5(2)10;1-3-7-4-5-8(10-7)6(2)9;7-5-3-4(9)1-2-6(5)8;1-2-6-4-3-5-7-6;1-3(5)4(6)7-2/h5-6H,4H2,1-3H3;4-5,14H,3H2,1-2H3;4H,3,5H2,1-2H3;4H,3H2,1-2H3;4-5H,3H2,1-2H3;1-3H,9H2;3-5H,2H2,1H3;1-2H3. The van der Waals surface area contributed by atoms with Crippen LogP contribution in [0.3, 0.4) is 0 Å². The van der Waals surface area contributed by atoms with E-state index >= 15 is 0 Å². The average molecular weight is 1810 g/mol. The van der Waals surface area contributed by atoms with E-state index in [2.05, 4.69) is 125 Å². The summed E-state index contributed by atoms with van der Waals surface area (Å²) in [5, 5.41) is 2.17. The van der Waals surface area contributed by atoms with Crippen molar-refractivity contribution in [3.63, 3.8) is 0 Å². The number of methoxy groups -OCH3 is 2. The lowest BCUT2D eigenvalue weighted by Gasteiger charge is -2.22. The van der Waals surface area contributed by atoms with E-state index in [1.54, 1.807) is 42.6 Å². The third-order valence-corrected chi connectivity index (χ3v) is 26.6. The van der Waals surface area contributed by atoms with Crippen LogP contribution >= 0.6 is 143 Å². The number of anilines is 1. The van der Waals surface area contributed by atoms with Crippen molar-refractivity contribution in [2.24, 2.45) is 8.80 Å². The number of nitrogens with two attached hydrogens (primary N) is 1. The van der Waals surface area contributed by atoms with Crippen molar-refractivity contribution in [1.82, 2.24) is 9.03 Å². The Labute approximate surface area is 644 Å². The number of ether oxygens (including phenoxy) is 2. The SMILES string of the molecule is CCc1ccc(C(C)=O)s1.CCc1cccs1.CCc1sc(C(=O)CC(=O)C(=O)OC)cc1Br.CCc1sc(C(C)=O)cc1Br.CCc1sc(C2=CC(C(C)=O)=NS(=O)(=O)N2)cc1Br.CCc1sc(C2=NS(=O)(=O)N(C)C(C(C)=O)=C2)cc1Br.COC(=O)C(C)=O.Nc1ccc(F)c(Cl)c1. The summed E-state index contributed by atoms with van der Waals surface area (Å²) in [6.07, 6.45) is 8.22. The second kappa shape index (κ2) is 44.1. The molecule has 2 aliphatic heterocycles. The zero-order valence-electron chi connectivity index (χ0n) is 56.6. The number of likely N-dealkylation sites (N-methyl/N-ethyl adjacent to an activating group) is 1. The molecule has 0 bridgehead atoms. The molecule has 0 aliphatic carbocycles. The molecule has 34 heteroatoms. The number of Topliss-reactive ketones (excluding diaryl/α,β-unsaturated/α-hetero) is 7. The molecule has 20 nitrogen and oxygen atoms in total. The third kappa shape index (κ3) is 29.9. The minimum atomic E-state index is -3.84. The number of carbonyl (C=O) groups is 9. The van der Waals surface area contributed by atoms with Crippen LogP contribution in [-0.4, -0.2) is 106 Å². The Morgan fingerprint density at radius 2 is 1.08 bits per heavy atom. The van der Waals surface area contributed by atoms with Gasteiger partial charge < -0.3 is 15.2 Å². The lowest BCUT2D eigenvalue weighted by atomic mass is 10.2. The van der Waals surface area contributed by atoms with E-state index in [-0.39, 0.29) is 45.3 Å². The molecule has 0 fully saturated rings. The van der Waals surface area contributed by atoms with Crippen LogP contribution in [0.15, 0.2) is 117 Å². The van der Waals surface area contributed by atoms with Crippen molar-refractivity contribution >= 4 is 239 Å². The van der Waals surface area contributed by atoms with Gasteiger partial charge in [0.15, 0.2) is 28.9 Å². The van der Waals surface area contributed by atoms with Crippen LogP contribution in [0.5, 0.6) is 0 Å². The number of thiophene rings is 6. The highest BCUT2D eigenvalue weighted by molar-refractivity contribution is 9.11. The van der Waals surface area contributed by atoms with Crippen LogP contribution in [0.2, 0.25) is 5.02 Å². The maximum absolute atomic E-state index is 12.3. The van der Waals surface area contributed by atoms with E-state index in [0.717, 1.165) is 102 Å². The predicted octanol–water partition coefficient (Wildman–Crippen LogP) is 17.1. The summed E-state index contributed by atoms with van der Waals surface area (Å²) in [6, 6.07) is 19.5. The molecule has 8 heterocycles. The summed E-state index contributed by atoms with van der Waals surface area (Å²) in [5.41, 5.74) is 6.50. The number of halogens is 6. The Bertz CT molecular complexity index is 4440. The number of rotatable bonds is 17. The summed E-state index contributed by atoms with van der Waals surface area (Å²) in [7, 11) is -4.08. The molecule has 0 saturated heterocycles. The zero-order valence-corrected chi connectivity index (χ0v) is 70.2. The molecular weight excluding hydrogens is 1730 g/mol. The van der Waals surface area contributed by atoms with Crippen molar-refractivity contribution < 1.29 is 73.9 Å². The van der Waals surface area contributed by atoms with Crippen LogP contribution < -0.4 is 10.5 Å². The van der Waals surface area contributed by atoms with E-state index in [0.29, 0.717) is 22.0 Å². The van der Waals surface area contributed by atoms with E-state index in [9.17, 15) is 64.4 Å². The van der Waals surface area contributed by atoms with Crippen molar-refractivity contribution in [3.8, 4) is 0 Å². The van der Waals surface area contributed by atoms with Gasteiger partial charge in [0.25, 0.3) is 0 Å². The number of ketones is 7. The van der Waals surface area contributed by atoms with Gasteiger partial charge in [0.1, 0.15) is 11.5 Å². The average Bonchev–Trinajstić information content (AvgIpc) is 1.23. The smallest absolute Gasteiger partial charge is 0.374 e. The topological polar surface area (TPSA) is 306 Å². The minimum absolute atomic E-state index is 0.0590. The number of nitrogen functional groups attached to an aromatic ring is 1. The summed E-state index contributed by atoms with van der Waals surface area (Å²) in [5.74, 6) is -4.33. The molecule has 0 unspecified atom stereocenters. The quantitative estimate of drug-likeness (QED) is 0.0281. The van der Waals surface area contributed by atoms with Gasteiger partial charge in [-0.1, -0.05) is 59.2 Å². The van der Waals surface area contributed by atoms with Crippen LogP contribution in [0.25, 0.3) is 5.70 Å². The Kier molecular flexibility index (Phi) is 39.8. The van der Waals surface area contributed by atoms with Gasteiger partial charge >= 0.3 is 32.4 Å². The normalized spacial score (nSPS) is 12.7. The van der Waals surface area contributed by atoms with Crippen LogP contribution in [0.4, 0.5) is 10.1 Å². The van der Waals surface area contributed by atoms with E-state index < -0.39 is 56.2 Å². The first-order valence-electron chi connectivity index (χ1n) is 29.6. The second-order valence-corrected chi connectivity index (χ2v) is 33.6. The van der Waals surface area contributed by atoms with Gasteiger partial charge in [-0.05, 0) is 194 Å². The molecular formula is C66H73Br4ClFN5O15S8. The highest BCUT2D eigenvalue weighted by atomic mass is 79.9. The Hall–Kier alpha value is -5.69. The van der Waals surface area contributed by atoms with Crippen molar-refractivity contribution in [3.05, 3.63) is 172 Å². The molecule has 0 radical (unpaired) electrons. The Morgan fingerprint density at radius 1 is 0.580 bits per heavy atom. The first-order valence-corrected chi connectivity index (χ1v) is 41.0. The molecule has 0 atom stereocenters. The summed E-state index contributed by atoms with van der Waals surface area (Å²) < 4.78 is 81.9. The molecule has 542 valence electrons. The van der Waals surface area contributed by atoms with E-state index in [1.807, 2.05) is 62.4 Å². The number of nitrogens with zero attached hydrogens (tertiary/aromatic N) is 3. The first kappa shape index (κ1) is 90.4. The fourth-order valence-electron chi connectivity index (χ4n) is 7.27. The number of esters is 2. The molecule has 7 aromatic rings. The van der Waals surface area contributed by atoms with Crippen molar-refractivity contribution in [1.29, 1.82) is 0 Å². The largest absolute Gasteiger partial charge is 0.463 e. The van der Waals surface area contributed by atoms with Crippen molar-refractivity contribution in [2.45, 2.75) is 121 Å². The molecule has 1 aromatic carbocycles. The molecule has 0 saturated carbocycles. The molecule has 100 heavy (non-hydrogen) atoms. The van der Waals surface area contributed by atoms with Gasteiger partial charge in [-0.2, -0.15) is 16.8 Å². The molecule has 2 aliphatic rings. The molecule has 0 amide bonds. The fraction of sp³-hybridized carbons (Fsp3) is 0.318. The van der Waals surface area contributed by atoms with Crippen LogP contribution in [0, 0.1) is 5.82 Å². The van der Waals surface area contributed by atoms with E-state index in [1.165, 1.54) is 113 Å². The van der Waals surface area contributed by atoms with E-state index in [4.69, 9.17) is 17.3 Å². The fourth-order valence-corrected chi connectivity index (χ4v) is 18.3. The summed E-state index contributed by atoms with van der Waals surface area (Å²) in [6.45, 7) is 19.3. The summed E-state index contributed by atoms with van der Waals surface area (Å²) in [4.78, 5) is 109. The van der Waals surface area contributed by atoms with Gasteiger partial charge in [-0.15, -0.1) is 76.8 Å². The van der Waals surface area contributed by atoms with Gasteiger partial charge in [-0.25, -0.2) is 14.0 Å². The number of allylic oxidation sites excluding steroid dienone is 3. The second-order valence-electron chi connectivity index (χ2n) is 20.0. The monoisotopic (exact) mass is 1800 g/mol. The highest BCUT2D eigenvalue weighted by Crippen LogP contribution is 2.34. The number of nitrogens with one attached hydrogen (secondary N) is 1. The number of benzene rings is 1. The Morgan fingerprint density at radius 3 is 1.46 bits per heavy atom. The van der Waals surface area contributed by atoms with Gasteiger partial charge in [0.2, 0.25) is 11.6 Å². The minimum Gasteiger partial charge on any atom is -0.463 e. The maximum atomic E-state index is 12.3. The predicted molar refractivity (Wildman–Crippen MR) is 418 cm³/mol. The van der Waals surface area contributed by atoms with Gasteiger partial charge in [-0.3, -0.25) is 42.6 Å². The lowest BCUT2D eigenvalue weighted by Crippen LogP contribution is -2.32. The Balaban J connectivity index is 0.000000400. The molecule has 9 rings (SSSR count). The van der Waals surface area contributed by atoms with Gasteiger partial charge in [0, 0.05) is 80.7 Å². The number of hydrogen-bond acceptors (Lipinski definition) is 22. The molecule has 3 N–H and O–H groups in total. The first-order chi connectivity index (χ1) is 46.8. The number of hydrogen-bond donors (Lipinski definition) is 2. The zero-order chi connectivity index (χ0) is 76.1. The lowest BCUT2D eigenvalue weighted by molar-refractivity contribution is -0.151. The van der Waals surface area contributed by atoms with Crippen LogP contribution in [-0.2, 0) is 97.2 Å². The highest BCUT2D eigenvalue weighted by Gasteiger charge is 2.29. The molecule has 0 spiro atoms. The van der Waals surface area contributed by atoms with Gasteiger partial charge in [0.05, 0.1) is 67.2 Å². The maximum Gasteiger partial charge on any atom is 0.374 e. The number of aryl methyl sites for hydroxylation is 6. The third-order valence-electron chi connectivity index (χ3n) is 12.5. The van der Waals surface area contributed by atoms with Crippen LogP contribution in [0.1, 0.15) is 151 Å². The summed E-state index contributed by atoms with van der Waals surface area (Å²) >= 11 is 28.2. The van der Waals surface area contributed by atoms with Crippen molar-refractivity contribution in [2.75, 3.05) is 27.0 Å².